The lowest BCUT2D eigenvalue weighted by atomic mass is 9.84. The molecule has 112 valence electrons. The summed E-state index contributed by atoms with van der Waals surface area (Å²) in [5.41, 5.74) is 0.411. The van der Waals surface area contributed by atoms with E-state index < -0.39 is 0 Å². The Morgan fingerprint density at radius 3 is 1.94 bits per heavy atom. The van der Waals surface area contributed by atoms with Gasteiger partial charge in [-0.1, -0.05) is 54.4 Å². The molecule has 0 aromatic heterocycles. The molecule has 0 aliphatic rings. The molecule has 2 nitrogen and oxygen atoms in total. The second kappa shape index (κ2) is 12.0. The second-order valence-electron chi connectivity index (χ2n) is 6.59. The predicted octanol–water partition coefficient (Wildman–Crippen LogP) is 4.39. The number of unbranched alkanes of at least 4 members (excludes halogenated alkanes) is 1. The highest BCUT2D eigenvalue weighted by atomic mass is 16.3. The number of rotatable bonds is 7. The lowest BCUT2D eigenvalue weighted by Crippen LogP contribution is -2.11. The van der Waals surface area contributed by atoms with Crippen LogP contribution < -0.4 is 0 Å². The van der Waals surface area contributed by atoms with Crippen molar-refractivity contribution in [3.05, 3.63) is 0 Å². The third-order valence-electron chi connectivity index (χ3n) is 2.94. The first-order valence-electron chi connectivity index (χ1n) is 7.55. The molecule has 2 N–H and O–H groups in total. The minimum Gasteiger partial charge on any atom is -0.396 e. The Morgan fingerprint density at radius 1 is 1.06 bits per heavy atom. The first kappa shape index (κ1) is 20.2. The van der Waals surface area contributed by atoms with Crippen LogP contribution in [0, 0.1) is 11.3 Å². The molecule has 2 heteroatoms. The Kier molecular flexibility index (Phi) is 13.5. The molecule has 0 aliphatic heterocycles. The molecule has 0 saturated heterocycles. The average Bonchev–Trinajstić information content (AvgIpc) is 2.24. The van der Waals surface area contributed by atoms with E-state index >= 15 is 0 Å². The van der Waals surface area contributed by atoms with Crippen LogP contribution in [0.5, 0.6) is 0 Å². The van der Waals surface area contributed by atoms with Crippen molar-refractivity contribution in [3.8, 4) is 0 Å². The maximum atomic E-state index is 8.99. The van der Waals surface area contributed by atoms with Crippen LogP contribution in [0.15, 0.2) is 0 Å². The van der Waals surface area contributed by atoms with Crippen LogP contribution in [0.1, 0.15) is 80.1 Å². The third-order valence-corrected chi connectivity index (χ3v) is 2.94. The number of aliphatic hydroxyl groups is 2. The minimum absolute atomic E-state index is 0.0463. The van der Waals surface area contributed by atoms with E-state index in [2.05, 4.69) is 34.6 Å². The molecule has 0 bridgehead atoms. The van der Waals surface area contributed by atoms with Crippen molar-refractivity contribution in [2.45, 2.75) is 86.2 Å². The fraction of sp³-hybridized carbons (Fsp3) is 1.00. The van der Waals surface area contributed by atoms with Crippen LogP contribution in [0.3, 0.4) is 0 Å². The summed E-state index contributed by atoms with van der Waals surface area (Å²) in [6.07, 6.45) is 6.33. The molecule has 2 unspecified atom stereocenters. The number of aliphatic hydroxyl groups excluding tert-OH is 2. The summed E-state index contributed by atoms with van der Waals surface area (Å²) < 4.78 is 0. The summed E-state index contributed by atoms with van der Waals surface area (Å²) in [4.78, 5) is 0. The van der Waals surface area contributed by atoms with Gasteiger partial charge in [-0.25, -0.2) is 0 Å². The molecule has 0 amide bonds. The Labute approximate surface area is 115 Å². The average molecular weight is 260 g/mol. The number of hydrogen-bond acceptors (Lipinski definition) is 2. The summed E-state index contributed by atoms with van der Waals surface area (Å²) in [5, 5.41) is 17.6. The molecule has 0 spiro atoms. The van der Waals surface area contributed by atoms with Gasteiger partial charge >= 0.3 is 0 Å². The van der Waals surface area contributed by atoms with E-state index in [4.69, 9.17) is 10.2 Å². The Hall–Kier alpha value is -0.0800. The molecule has 0 rings (SSSR count). The van der Waals surface area contributed by atoms with Gasteiger partial charge < -0.3 is 10.2 Å². The standard InChI is InChI=1S/C9H20O.C7H16O/c1-8(5-6-10)7-9(2,3)4;1-3-5-6-7(8)4-2/h8,10H,5-7H2,1-4H3;7-8H,3-6H2,1-2H3. The van der Waals surface area contributed by atoms with Crippen molar-refractivity contribution in [1.82, 2.24) is 0 Å². The molecule has 0 radical (unpaired) electrons. The number of hydrogen-bond donors (Lipinski definition) is 2. The highest BCUT2D eigenvalue weighted by molar-refractivity contribution is 4.65. The lowest BCUT2D eigenvalue weighted by molar-refractivity contribution is 0.157. The highest BCUT2D eigenvalue weighted by Crippen LogP contribution is 2.25. The monoisotopic (exact) mass is 260 g/mol. The fourth-order valence-corrected chi connectivity index (χ4v) is 2.01. The second-order valence-corrected chi connectivity index (χ2v) is 6.59. The van der Waals surface area contributed by atoms with Crippen LogP contribution in [-0.2, 0) is 0 Å². The van der Waals surface area contributed by atoms with Crippen molar-refractivity contribution >= 4 is 0 Å². The minimum atomic E-state index is -0.0463. The zero-order valence-corrected chi connectivity index (χ0v) is 13.5. The van der Waals surface area contributed by atoms with Gasteiger partial charge in [-0.2, -0.15) is 0 Å². The molecule has 18 heavy (non-hydrogen) atoms. The normalized spacial score (nSPS) is 14.7. The molecule has 0 aliphatic carbocycles. The first-order valence-corrected chi connectivity index (χ1v) is 7.55. The molecule has 0 aromatic rings. The largest absolute Gasteiger partial charge is 0.396 e. The topological polar surface area (TPSA) is 40.5 Å². The molecule has 2 atom stereocenters. The van der Waals surface area contributed by atoms with Crippen LogP contribution in [0.4, 0.5) is 0 Å². The van der Waals surface area contributed by atoms with Gasteiger partial charge in [-0.3, -0.25) is 0 Å². The van der Waals surface area contributed by atoms with E-state index in [1.54, 1.807) is 0 Å². The van der Waals surface area contributed by atoms with E-state index in [9.17, 15) is 0 Å². The summed E-state index contributed by atoms with van der Waals surface area (Å²) in [6.45, 7) is 13.4. The van der Waals surface area contributed by atoms with Gasteiger partial charge in [0.05, 0.1) is 6.10 Å². The van der Waals surface area contributed by atoms with Gasteiger partial charge in [0.2, 0.25) is 0 Å². The van der Waals surface area contributed by atoms with Gasteiger partial charge in [-0.05, 0) is 37.0 Å². The van der Waals surface area contributed by atoms with E-state index in [-0.39, 0.29) is 6.10 Å². The van der Waals surface area contributed by atoms with Crippen LogP contribution in [-0.4, -0.2) is 22.9 Å². The Morgan fingerprint density at radius 2 is 1.61 bits per heavy atom. The van der Waals surface area contributed by atoms with Crippen LogP contribution in [0.2, 0.25) is 0 Å². The quantitative estimate of drug-likeness (QED) is 0.713. The van der Waals surface area contributed by atoms with Gasteiger partial charge in [0, 0.05) is 6.61 Å². The van der Waals surface area contributed by atoms with E-state index in [0.29, 0.717) is 17.9 Å². The third kappa shape index (κ3) is 18.3. The van der Waals surface area contributed by atoms with Crippen molar-refractivity contribution in [1.29, 1.82) is 0 Å². The summed E-state index contributed by atoms with van der Waals surface area (Å²) in [5.74, 6) is 0.657. The maximum absolute atomic E-state index is 8.99. The fourth-order valence-electron chi connectivity index (χ4n) is 2.01. The maximum Gasteiger partial charge on any atom is 0.0537 e. The Balaban J connectivity index is 0. The van der Waals surface area contributed by atoms with Crippen LogP contribution in [0.25, 0.3) is 0 Å². The first-order chi connectivity index (χ1) is 8.26. The zero-order chi connectivity index (χ0) is 14.6. The summed E-state index contributed by atoms with van der Waals surface area (Å²) in [6, 6.07) is 0. The van der Waals surface area contributed by atoms with E-state index in [1.807, 2.05) is 6.92 Å². The molecular weight excluding hydrogens is 224 g/mol. The molecule has 0 fully saturated rings. The highest BCUT2D eigenvalue weighted by Gasteiger charge is 2.14. The lowest BCUT2D eigenvalue weighted by Gasteiger charge is -2.22. The molecule has 0 heterocycles. The Bertz CT molecular complexity index is 161. The van der Waals surface area contributed by atoms with Crippen LogP contribution >= 0.6 is 0 Å². The molecule has 0 aromatic carbocycles. The SMILES string of the molecule is CC(CCO)CC(C)(C)C.CCCCC(O)CC. The van der Waals surface area contributed by atoms with Gasteiger partial charge in [0.1, 0.15) is 0 Å². The smallest absolute Gasteiger partial charge is 0.0537 e. The van der Waals surface area contributed by atoms with Crippen molar-refractivity contribution < 1.29 is 10.2 Å². The van der Waals surface area contributed by atoms with Gasteiger partial charge in [-0.15, -0.1) is 0 Å². The summed E-state index contributed by atoms with van der Waals surface area (Å²) >= 11 is 0. The van der Waals surface area contributed by atoms with E-state index in [0.717, 1.165) is 25.7 Å². The van der Waals surface area contributed by atoms with Crippen molar-refractivity contribution in [2.24, 2.45) is 11.3 Å². The molecule has 0 saturated carbocycles. The van der Waals surface area contributed by atoms with Gasteiger partial charge in [0.25, 0.3) is 0 Å². The predicted molar refractivity (Wildman–Crippen MR) is 80.8 cm³/mol. The van der Waals surface area contributed by atoms with Crippen molar-refractivity contribution in [2.75, 3.05) is 6.61 Å². The molecular formula is C16H36O2. The van der Waals surface area contributed by atoms with Crippen molar-refractivity contribution in [3.63, 3.8) is 0 Å². The van der Waals surface area contributed by atoms with Gasteiger partial charge in [0.15, 0.2) is 0 Å². The summed E-state index contributed by atoms with van der Waals surface area (Å²) in [7, 11) is 0. The zero-order valence-electron chi connectivity index (χ0n) is 13.5. The van der Waals surface area contributed by atoms with E-state index in [1.165, 1.54) is 12.8 Å².